The first-order valence-electron chi connectivity index (χ1n) is 8.54. The van der Waals surface area contributed by atoms with Gasteiger partial charge in [-0.2, -0.15) is 0 Å². The first-order valence-corrected chi connectivity index (χ1v) is 9.98. The van der Waals surface area contributed by atoms with E-state index in [0.717, 1.165) is 16.8 Å². The van der Waals surface area contributed by atoms with Crippen molar-refractivity contribution in [2.75, 3.05) is 11.4 Å². The smallest absolute Gasteiger partial charge is 0.264 e. The summed E-state index contributed by atoms with van der Waals surface area (Å²) in [5, 5.41) is 11.1. The van der Waals surface area contributed by atoms with E-state index >= 15 is 0 Å². The SMILES string of the molecule is Cc1cc(S(=O)(=O)N(C)c2ccc(C(C)(C)C)cc2)ccc1-n1cnnn1. The van der Waals surface area contributed by atoms with Crippen LogP contribution in [-0.4, -0.2) is 35.7 Å². The third kappa shape index (κ3) is 3.71. The molecule has 8 heteroatoms. The molecule has 0 bridgehead atoms. The molecule has 27 heavy (non-hydrogen) atoms. The van der Waals surface area contributed by atoms with Crippen molar-refractivity contribution >= 4 is 15.7 Å². The molecule has 0 spiro atoms. The van der Waals surface area contributed by atoms with Gasteiger partial charge in [-0.05, 0) is 64.2 Å². The second-order valence-electron chi connectivity index (χ2n) is 7.47. The van der Waals surface area contributed by atoms with Gasteiger partial charge in [-0.1, -0.05) is 32.9 Å². The van der Waals surface area contributed by atoms with E-state index in [1.165, 1.54) is 15.3 Å². The lowest BCUT2D eigenvalue weighted by molar-refractivity contribution is 0.590. The Morgan fingerprint density at radius 1 is 1.04 bits per heavy atom. The topological polar surface area (TPSA) is 81.0 Å². The molecule has 0 saturated carbocycles. The fraction of sp³-hybridized carbons (Fsp3) is 0.316. The summed E-state index contributed by atoms with van der Waals surface area (Å²) in [5.74, 6) is 0. The standard InChI is InChI=1S/C19H23N5O2S/c1-14-12-17(10-11-18(14)24-13-20-21-22-24)27(25,26)23(5)16-8-6-15(7-9-16)19(2,3)4/h6-13H,1-5H3. The maximum absolute atomic E-state index is 13.0. The number of hydrogen-bond acceptors (Lipinski definition) is 5. The number of sulfonamides is 1. The molecule has 0 radical (unpaired) electrons. The number of tetrazole rings is 1. The molecule has 0 saturated heterocycles. The van der Waals surface area contributed by atoms with Crippen molar-refractivity contribution in [2.45, 2.75) is 38.0 Å². The lowest BCUT2D eigenvalue weighted by Crippen LogP contribution is -2.26. The maximum atomic E-state index is 13.0. The van der Waals surface area contributed by atoms with Crippen LogP contribution in [0.3, 0.4) is 0 Å². The van der Waals surface area contributed by atoms with Gasteiger partial charge in [0.25, 0.3) is 10.0 Å². The van der Waals surface area contributed by atoms with Crippen LogP contribution in [0.1, 0.15) is 31.9 Å². The molecule has 0 fully saturated rings. The van der Waals surface area contributed by atoms with Crippen LogP contribution in [0.5, 0.6) is 0 Å². The van der Waals surface area contributed by atoms with Gasteiger partial charge in [-0.25, -0.2) is 13.1 Å². The third-order valence-corrected chi connectivity index (χ3v) is 6.30. The molecule has 0 unspecified atom stereocenters. The van der Waals surface area contributed by atoms with Crippen LogP contribution >= 0.6 is 0 Å². The van der Waals surface area contributed by atoms with Crippen molar-refractivity contribution in [3.05, 3.63) is 59.9 Å². The van der Waals surface area contributed by atoms with E-state index in [9.17, 15) is 8.42 Å². The van der Waals surface area contributed by atoms with Gasteiger partial charge in [0.05, 0.1) is 16.3 Å². The highest BCUT2D eigenvalue weighted by molar-refractivity contribution is 7.92. The van der Waals surface area contributed by atoms with Gasteiger partial charge >= 0.3 is 0 Å². The van der Waals surface area contributed by atoms with Gasteiger partial charge in [-0.3, -0.25) is 4.31 Å². The Morgan fingerprint density at radius 3 is 2.22 bits per heavy atom. The van der Waals surface area contributed by atoms with Gasteiger partial charge in [0.1, 0.15) is 6.33 Å². The Labute approximate surface area is 159 Å². The Bertz CT molecular complexity index is 1040. The fourth-order valence-electron chi connectivity index (χ4n) is 2.79. The minimum absolute atomic E-state index is 0.0130. The molecule has 0 aliphatic carbocycles. The molecule has 0 amide bonds. The Kier molecular flexibility index (Phi) is 4.77. The fourth-order valence-corrected chi connectivity index (χ4v) is 4.07. The van der Waals surface area contributed by atoms with Crippen LogP contribution in [0.4, 0.5) is 5.69 Å². The zero-order chi connectivity index (χ0) is 19.8. The molecule has 1 aromatic heterocycles. The van der Waals surface area contributed by atoms with Crippen LogP contribution in [0, 0.1) is 6.92 Å². The molecule has 1 heterocycles. The minimum Gasteiger partial charge on any atom is -0.269 e. The van der Waals surface area contributed by atoms with Gasteiger partial charge in [-0.15, -0.1) is 5.10 Å². The number of hydrogen-bond donors (Lipinski definition) is 0. The zero-order valence-corrected chi connectivity index (χ0v) is 16.9. The molecule has 7 nitrogen and oxygen atoms in total. The monoisotopic (exact) mass is 385 g/mol. The minimum atomic E-state index is -3.68. The largest absolute Gasteiger partial charge is 0.269 e. The van der Waals surface area contributed by atoms with Crippen molar-refractivity contribution < 1.29 is 8.42 Å². The molecular formula is C19H23N5O2S. The summed E-state index contributed by atoms with van der Waals surface area (Å²) in [4.78, 5) is 0.222. The molecule has 0 atom stereocenters. The maximum Gasteiger partial charge on any atom is 0.264 e. The van der Waals surface area contributed by atoms with Gasteiger partial charge in [0, 0.05) is 7.05 Å². The highest BCUT2D eigenvalue weighted by Crippen LogP contribution is 2.28. The highest BCUT2D eigenvalue weighted by atomic mass is 32.2. The predicted molar refractivity (Wildman–Crippen MR) is 105 cm³/mol. The van der Waals surface area contributed by atoms with Crippen LogP contribution in [0.2, 0.25) is 0 Å². The average molecular weight is 385 g/mol. The summed E-state index contributed by atoms with van der Waals surface area (Å²) >= 11 is 0. The molecule has 0 aliphatic heterocycles. The first-order chi connectivity index (χ1) is 12.6. The van der Waals surface area contributed by atoms with Crippen LogP contribution in [-0.2, 0) is 15.4 Å². The summed E-state index contributed by atoms with van der Waals surface area (Å²) in [6, 6.07) is 12.5. The van der Waals surface area contributed by atoms with Gasteiger partial charge < -0.3 is 0 Å². The van der Waals surface area contributed by atoms with E-state index in [0.29, 0.717) is 5.69 Å². The molecule has 3 aromatic rings. The lowest BCUT2D eigenvalue weighted by Gasteiger charge is -2.23. The molecule has 0 N–H and O–H groups in total. The van der Waals surface area contributed by atoms with E-state index in [-0.39, 0.29) is 10.3 Å². The first kappa shape index (κ1) is 19.0. The van der Waals surface area contributed by atoms with E-state index < -0.39 is 10.0 Å². The summed E-state index contributed by atoms with van der Waals surface area (Å²) in [6.07, 6.45) is 1.47. The van der Waals surface area contributed by atoms with E-state index in [1.807, 2.05) is 31.2 Å². The molecular weight excluding hydrogens is 362 g/mol. The Balaban J connectivity index is 1.93. The van der Waals surface area contributed by atoms with E-state index in [2.05, 4.69) is 36.3 Å². The van der Waals surface area contributed by atoms with Crippen molar-refractivity contribution in [1.82, 2.24) is 20.2 Å². The lowest BCUT2D eigenvalue weighted by atomic mass is 9.87. The number of rotatable bonds is 4. The Hall–Kier alpha value is -2.74. The summed E-state index contributed by atoms with van der Waals surface area (Å²) in [7, 11) is -2.11. The average Bonchev–Trinajstić information content (AvgIpc) is 3.14. The van der Waals surface area contributed by atoms with E-state index in [1.54, 1.807) is 25.2 Å². The number of aryl methyl sites for hydroxylation is 1. The number of anilines is 1. The predicted octanol–water partition coefficient (Wildman–Crippen LogP) is 3.09. The third-order valence-electron chi connectivity index (χ3n) is 4.52. The summed E-state index contributed by atoms with van der Waals surface area (Å²) in [6.45, 7) is 8.19. The van der Waals surface area contributed by atoms with Crippen LogP contribution in [0.15, 0.2) is 53.7 Å². The van der Waals surface area contributed by atoms with E-state index in [4.69, 9.17) is 0 Å². The second-order valence-corrected chi connectivity index (χ2v) is 9.44. The van der Waals surface area contributed by atoms with Crippen molar-refractivity contribution in [1.29, 1.82) is 0 Å². The molecule has 3 rings (SSSR count). The van der Waals surface area contributed by atoms with Crippen molar-refractivity contribution in [3.8, 4) is 5.69 Å². The summed E-state index contributed by atoms with van der Waals surface area (Å²) in [5.41, 5.74) is 3.28. The zero-order valence-electron chi connectivity index (χ0n) is 16.1. The molecule has 0 aliphatic rings. The number of benzene rings is 2. The van der Waals surface area contributed by atoms with Crippen molar-refractivity contribution in [2.24, 2.45) is 0 Å². The normalized spacial score (nSPS) is 12.2. The van der Waals surface area contributed by atoms with Crippen LogP contribution < -0.4 is 4.31 Å². The molecule has 2 aromatic carbocycles. The summed E-state index contributed by atoms with van der Waals surface area (Å²) < 4.78 is 28.9. The van der Waals surface area contributed by atoms with Crippen molar-refractivity contribution in [3.63, 3.8) is 0 Å². The second kappa shape index (κ2) is 6.77. The number of nitrogens with zero attached hydrogens (tertiary/aromatic N) is 5. The molecule has 142 valence electrons. The quantitative estimate of drug-likeness (QED) is 0.689. The highest BCUT2D eigenvalue weighted by Gasteiger charge is 2.23. The number of aromatic nitrogens is 4. The Morgan fingerprint density at radius 2 is 1.70 bits per heavy atom. The van der Waals surface area contributed by atoms with Crippen LogP contribution in [0.25, 0.3) is 5.69 Å². The van der Waals surface area contributed by atoms with Gasteiger partial charge in [0.15, 0.2) is 0 Å². The van der Waals surface area contributed by atoms with Gasteiger partial charge in [0.2, 0.25) is 0 Å².